The Morgan fingerprint density at radius 3 is 2.32 bits per heavy atom. The Morgan fingerprint density at radius 1 is 1.07 bits per heavy atom. The number of hydrogen-bond donors (Lipinski definition) is 2. The second-order valence-electron chi connectivity index (χ2n) is 7.32. The number of rotatable bonds is 7. The largest absolute Gasteiger partial charge is 0.369 e. The van der Waals surface area contributed by atoms with Gasteiger partial charge in [-0.05, 0) is 45.4 Å². The summed E-state index contributed by atoms with van der Waals surface area (Å²) in [7, 11) is 6.16. The molecule has 8 nitrogen and oxygen atoms in total. The lowest BCUT2D eigenvalue weighted by Crippen LogP contribution is -2.44. The highest BCUT2D eigenvalue weighted by molar-refractivity contribution is 6.03. The summed E-state index contributed by atoms with van der Waals surface area (Å²) < 4.78 is 0. The molecule has 2 heterocycles. The topological polar surface area (TPSA) is 76.6 Å². The maximum atomic E-state index is 12.4. The number of benzene rings is 1. The van der Waals surface area contributed by atoms with Crippen LogP contribution in [-0.2, 0) is 0 Å². The summed E-state index contributed by atoms with van der Waals surface area (Å²) in [6, 6.07) is 7.97. The molecule has 0 radical (unpaired) electrons. The van der Waals surface area contributed by atoms with Crippen LogP contribution in [0.5, 0.6) is 0 Å². The molecule has 0 spiro atoms. The number of piperazine rings is 1. The molecule has 1 aromatic heterocycles. The lowest BCUT2D eigenvalue weighted by Gasteiger charge is -2.34. The summed E-state index contributed by atoms with van der Waals surface area (Å²) >= 11 is 0. The summed E-state index contributed by atoms with van der Waals surface area (Å²) in [6.07, 6.45) is 3.08. The molecule has 1 saturated heterocycles. The lowest BCUT2D eigenvalue weighted by molar-refractivity contribution is 0.102. The van der Waals surface area contributed by atoms with Crippen LogP contribution in [0.2, 0.25) is 0 Å². The zero-order valence-corrected chi connectivity index (χ0v) is 16.9. The van der Waals surface area contributed by atoms with E-state index in [2.05, 4.69) is 54.5 Å². The Balaban J connectivity index is 1.52. The molecule has 2 N–H and O–H groups in total. The van der Waals surface area contributed by atoms with Crippen molar-refractivity contribution in [3.8, 4) is 0 Å². The number of carbonyl (C=O) groups excluding carboxylic acids is 1. The smallest absolute Gasteiger partial charge is 0.258 e. The third-order valence-corrected chi connectivity index (χ3v) is 4.75. The summed E-state index contributed by atoms with van der Waals surface area (Å²) in [5, 5.41) is 6.03. The van der Waals surface area contributed by atoms with Crippen LogP contribution >= 0.6 is 0 Å². The molecule has 0 bridgehead atoms. The Labute approximate surface area is 166 Å². The van der Waals surface area contributed by atoms with Crippen molar-refractivity contribution in [3.63, 3.8) is 0 Å². The minimum atomic E-state index is -0.216. The van der Waals surface area contributed by atoms with Crippen LogP contribution in [0.15, 0.2) is 36.7 Å². The fourth-order valence-corrected chi connectivity index (χ4v) is 2.95. The van der Waals surface area contributed by atoms with E-state index in [-0.39, 0.29) is 5.91 Å². The Hall–Kier alpha value is -2.71. The number of nitrogens with one attached hydrogen (secondary N) is 2. The van der Waals surface area contributed by atoms with Gasteiger partial charge in [0.2, 0.25) is 5.95 Å². The van der Waals surface area contributed by atoms with Gasteiger partial charge in [0.1, 0.15) is 0 Å². The second-order valence-corrected chi connectivity index (χ2v) is 7.32. The number of anilines is 3. The second kappa shape index (κ2) is 9.48. The highest BCUT2D eigenvalue weighted by atomic mass is 16.1. The third-order valence-electron chi connectivity index (χ3n) is 4.75. The fourth-order valence-electron chi connectivity index (χ4n) is 2.95. The van der Waals surface area contributed by atoms with Gasteiger partial charge in [-0.1, -0.05) is 0 Å². The Bertz CT molecular complexity index is 753. The summed E-state index contributed by atoms with van der Waals surface area (Å²) in [6.45, 7) is 5.81. The minimum absolute atomic E-state index is 0.216. The molecule has 3 rings (SSSR count). The number of amides is 1. The maximum absolute atomic E-state index is 12.4. The van der Waals surface area contributed by atoms with Crippen molar-refractivity contribution in [1.82, 2.24) is 19.8 Å². The van der Waals surface area contributed by atoms with E-state index in [1.165, 1.54) is 5.69 Å². The molecule has 0 unspecified atom stereocenters. The standard InChI is InChI=1S/C20H29N7O/c1-25(2)9-8-21-20-22-14-16(15-23-20)19(28)24-17-4-6-18(7-5-17)27-12-10-26(3)11-13-27/h4-7,14-15H,8-13H2,1-3H3,(H,24,28)(H,21,22,23). The number of likely N-dealkylation sites (N-methyl/N-ethyl adjacent to an activating group) is 2. The first-order valence-corrected chi connectivity index (χ1v) is 9.57. The van der Waals surface area contributed by atoms with Gasteiger partial charge in [-0.25, -0.2) is 9.97 Å². The fraction of sp³-hybridized carbons (Fsp3) is 0.450. The Morgan fingerprint density at radius 2 is 1.71 bits per heavy atom. The first-order valence-electron chi connectivity index (χ1n) is 9.57. The molecule has 0 saturated carbocycles. The van der Waals surface area contributed by atoms with Crippen LogP contribution in [0.3, 0.4) is 0 Å². The normalized spacial score (nSPS) is 14.9. The average molecular weight is 384 g/mol. The van der Waals surface area contributed by atoms with E-state index in [4.69, 9.17) is 0 Å². The van der Waals surface area contributed by atoms with Gasteiger partial charge < -0.3 is 25.3 Å². The van der Waals surface area contributed by atoms with Crippen molar-refractivity contribution in [1.29, 1.82) is 0 Å². The maximum Gasteiger partial charge on any atom is 0.258 e. The van der Waals surface area contributed by atoms with Crippen molar-refractivity contribution >= 4 is 23.2 Å². The van der Waals surface area contributed by atoms with Gasteiger partial charge in [-0.3, -0.25) is 4.79 Å². The van der Waals surface area contributed by atoms with E-state index in [1.54, 1.807) is 12.4 Å². The van der Waals surface area contributed by atoms with Gasteiger partial charge in [0.05, 0.1) is 5.56 Å². The van der Waals surface area contributed by atoms with Crippen LogP contribution in [0, 0.1) is 0 Å². The SMILES string of the molecule is CN(C)CCNc1ncc(C(=O)Nc2ccc(N3CCN(C)CC3)cc2)cn1. The molecular weight excluding hydrogens is 354 g/mol. The van der Waals surface area contributed by atoms with Gasteiger partial charge in [0, 0.05) is 63.0 Å². The molecule has 1 aliphatic rings. The van der Waals surface area contributed by atoms with Gasteiger partial charge in [-0.2, -0.15) is 0 Å². The molecule has 2 aromatic rings. The predicted octanol–water partition coefficient (Wildman–Crippen LogP) is 1.45. The van der Waals surface area contributed by atoms with Gasteiger partial charge in [0.15, 0.2) is 0 Å². The quantitative estimate of drug-likeness (QED) is 0.749. The molecule has 150 valence electrons. The monoisotopic (exact) mass is 383 g/mol. The molecule has 0 atom stereocenters. The Kier molecular flexibility index (Phi) is 6.78. The third kappa shape index (κ3) is 5.64. The number of nitrogens with zero attached hydrogens (tertiary/aromatic N) is 5. The molecule has 1 aromatic carbocycles. The number of hydrogen-bond acceptors (Lipinski definition) is 7. The van der Waals surface area contributed by atoms with Crippen molar-refractivity contribution in [2.45, 2.75) is 0 Å². The van der Waals surface area contributed by atoms with Crippen LogP contribution in [0.25, 0.3) is 0 Å². The first-order chi connectivity index (χ1) is 13.5. The molecule has 1 fully saturated rings. The van der Waals surface area contributed by atoms with E-state index in [0.29, 0.717) is 11.5 Å². The summed E-state index contributed by atoms with van der Waals surface area (Å²) in [5.74, 6) is 0.308. The zero-order valence-electron chi connectivity index (χ0n) is 16.9. The van der Waals surface area contributed by atoms with E-state index in [9.17, 15) is 4.79 Å². The molecule has 28 heavy (non-hydrogen) atoms. The van der Waals surface area contributed by atoms with Crippen LogP contribution in [-0.4, -0.2) is 86.1 Å². The predicted molar refractivity (Wildman–Crippen MR) is 113 cm³/mol. The summed E-state index contributed by atoms with van der Waals surface area (Å²) in [4.78, 5) is 27.6. The van der Waals surface area contributed by atoms with E-state index in [0.717, 1.165) is 45.0 Å². The van der Waals surface area contributed by atoms with Crippen molar-refractivity contribution in [2.24, 2.45) is 0 Å². The van der Waals surface area contributed by atoms with Gasteiger partial charge in [-0.15, -0.1) is 0 Å². The van der Waals surface area contributed by atoms with Crippen LogP contribution < -0.4 is 15.5 Å². The minimum Gasteiger partial charge on any atom is -0.369 e. The van der Waals surface area contributed by atoms with Crippen LogP contribution in [0.1, 0.15) is 10.4 Å². The molecule has 1 amide bonds. The molecule has 1 aliphatic heterocycles. The van der Waals surface area contributed by atoms with E-state index >= 15 is 0 Å². The molecular formula is C20H29N7O. The summed E-state index contributed by atoms with van der Waals surface area (Å²) in [5.41, 5.74) is 2.37. The zero-order chi connectivity index (χ0) is 19.9. The van der Waals surface area contributed by atoms with Crippen molar-refractivity contribution < 1.29 is 4.79 Å². The average Bonchev–Trinajstić information content (AvgIpc) is 2.69. The molecule has 8 heteroatoms. The van der Waals surface area contributed by atoms with Crippen molar-refractivity contribution in [2.75, 3.05) is 75.9 Å². The number of aromatic nitrogens is 2. The van der Waals surface area contributed by atoms with Crippen LogP contribution in [0.4, 0.5) is 17.3 Å². The highest BCUT2D eigenvalue weighted by Gasteiger charge is 2.14. The first kappa shape index (κ1) is 20.0. The number of carbonyl (C=O) groups is 1. The lowest BCUT2D eigenvalue weighted by atomic mass is 10.2. The molecule has 0 aliphatic carbocycles. The van der Waals surface area contributed by atoms with Gasteiger partial charge in [0.25, 0.3) is 5.91 Å². The van der Waals surface area contributed by atoms with Crippen molar-refractivity contribution in [3.05, 3.63) is 42.2 Å². The van der Waals surface area contributed by atoms with Gasteiger partial charge >= 0.3 is 0 Å². The van der Waals surface area contributed by atoms with E-state index < -0.39 is 0 Å². The van der Waals surface area contributed by atoms with E-state index in [1.807, 2.05) is 26.2 Å². The highest BCUT2D eigenvalue weighted by Crippen LogP contribution is 2.19.